The summed E-state index contributed by atoms with van der Waals surface area (Å²) in [6.07, 6.45) is 0. The molecule has 2 aromatic rings. The molecule has 152 valence electrons. The van der Waals surface area contributed by atoms with Crippen molar-refractivity contribution in [2.75, 3.05) is 20.3 Å². The second-order valence-corrected chi connectivity index (χ2v) is 6.75. The number of nitrogens with zero attached hydrogens (tertiary/aromatic N) is 2. The van der Waals surface area contributed by atoms with Crippen molar-refractivity contribution in [2.24, 2.45) is 4.99 Å². The number of nitro groups is 1. The molecule has 0 bridgehead atoms. The van der Waals surface area contributed by atoms with Crippen molar-refractivity contribution >= 4 is 51.6 Å². The molecule has 0 heterocycles. The Labute approximate surface area is 190 Å². The van der Waals surface area contributed by atoms with E-state index in [0.29, 0.717) is 25.7 Å². The molecule has 9 heteroatoms. The molecule has 0 aliphatic carbocycles. The number of aliphatic imine (C=N–C) groups is 1. The second kappa shape index (κ2) is 12.7. The molecule has 0 saturated carbocycles. The van der Waals surface area contributed by atoms with Crippen molar-refractivity contribution in [2.45, 2.75) is 19.5 Å². The fourth-order valence-corrected chi connectivity index (χ4v) is 3.05. The van der Waals surface area contributed by atoms with Gasteiger partial charge in [0.1, 0.15) is 0 Å². The zero-order chi connectivity index (χ0) is 19.6. The predicted octanol–water partition coefficient (Wildman–Crippen LogP) is 4.42. The molecule has 1 atom stereocenters. The van der Waals surface area contributed by atoms with Gasteiger partial charge in [-0.05, 0) is 24.1 Å². The van der Waals surface area contributed by atoms with E-state index < -0.39 is 4.92 Å². The minimum Gasteiger partial charge on any atom is -0.383 e. The van der Waals surface area contributed by atoms with E-state index in [9.17, 15) is 10.1 Å². The Morgan fingerprint density at radius 2 is 1.93 bits per heavy atom. The van der Waals surface area contributed by atoms with Gasteiger partial charge in [-0.15, -0.1) is 24.0 Å². The Kier molecular flexibility index (Phi) is 11.0. The minimum atomic E-state index is -0.411. The highest BCUT2D eigenvalue weighted by Crippen LogP contribution is 2.22. The molecule has 0 aliphatic heterocycles. The number of nitro benzene ring substituents is 1. The summed E-state index contributed by atoms with van der Waals surface area (Å²) in [4.78, 5) is 14.9. The van der Waals surface area contributed by atoms with E-state index >= 15 is 0 Å². The monoisotopic (exact) mass is 562 g/mol. The first-order chi connectivity index (χ1) is 13.0. The molecule has 7 nitrogen and oxygen atoms in total. The van der Waals surface area contributed by atoms with Crippen molar-refractivity contribution < 1.29 is 9.66 Å². The number of non-ortho nitro benzene ring substituents is 1. The van der Waals surface area contributed by atoms with Gasteiger partial charge in [0, 0.05) is 30.3 Å². The Balaban J connectivity index is 0.00000392. The third-order valence-electron chi connectivity index (χ3n) is 3.89. The van der Waals surface area contributed by atoms with Gasteiger partial charge in [-0.3, -0.25) is 10.1 Å². The highest BCUT2D eigenvalue weighted by Gasteiger charge is 2.11. The van der Waals surface area contributed by atoms with E-state index in [-0.39, 0.29) is 35.7 Å². The lowest BCUT2D eigenvalue weighted by Gasteiger charge is -2.19. The lowest BCUT2D eigenvalue weighted by Crippen LogP contribution is -2.40. The Morgan fingerprint density at radius 1 is 1.25 bits per heavy atom. The Hall–Kier alpha value is -1.72. The smallest absolute Gasteiger partial charge is 0.269 e. The van der Waals surface area contributed by atoms with Crippen LogP contribution in [0.25, 0.3) is 0 Å². The number of methoxy groups -OCH3 is 1. The van der Waals surface area contributed by atoms with Crippen molar-refractivity contribution in [1.29, 1.82) is 0 Å². The summed E-state index contributed by atoms with van der Waals surface area (Å²) in [5, 5.41) is 17.4. The van der Waals surface area contributed by atoms with Crippen LogP contribution >= 0.6 is 39.9 Å². The maximum absolute atomic E-state index is 10.8. The van der Waals surface area contributed by atoms with Gasteiger partial charge in [0.05, 0.1) is 24.1 Å². The zero-order valence-corrected chi connectivity index (χ0v) is 19.6. The Bertz CT molecular complexity index is 787. The Morgan fingerprint density at radius 3 is 2.54 bits per heavy atom. The molecule has 0 saturated heterocycles. The number of nitrogens with one attached hydrogen (secondary N) is 2. The first kappa shape index (κ1) is 24.3. The highest BCUT2D eigenvalue weighted by molar-refractivity contribution is 14.0. The zero-order valence-electron chi connectivity index (χ0n) is 15.7. The SMILES string of the molecule is COCCNC(=NCc1ccc([N+](=O)[O-])cc1)NC(C)c1ccccc1Br.I. The van der Waals surface area contributed by atoms with E-state index in [1.165, 1.54) is 12.1 Å². The van der Waals surface area contributed by atoms with E-state index in [1.807, 2.05) is 24.3 Å². The molecule has 0 fully saturated rings. The highest BCUT2D eigenvalue weighted by atomic mass is 127. The normalized spacial score (nSPS) is 12.0. The van der Waals surface area contributed by atoms with Crippen molar-refractivity contribution in [3.63, 3.8) is 0 Å². The molecular formula is C19H24BrIN4O3. The van der Waals surface area contributed by atoms with Crippen molar-refractivity contribution in [1.82, 2.24) is 10.6 Å². The molecule has 28 heavy (non-hydrogen) atoms. The average Bonchev–Trinajstić information content (AvgIpc) is 2.66. The number of halogens is 2. The number of rotatable bonds is 8. The maximum Gasteiger partial charge on any atom is 0.269 e. The van der Waals surface area contributed by atoms with Gasteiger partial charge >= 0.3 is 0 Å². The van der Waals surface area contributed by atoms with Gasteiger partial charge < -0.3 is 15.4 Å². The van der Waals surface area contributed by atoms with Crippen molar-refractivity contribution in [3.05, 3.63) is 74.2 Å². The van der Waals surface area contributed by atoms with Crippen LogP contribution in [0.4, 0.5) is 5.69 Å². The quantitative estimate of drug-likeness (QED) is 0.124. The minimum absolute atomic E-state index is 0. The third kappa shape index (κ3) is 7.72. The average molecular weight is 563 g/mol. The molecule has 0 spiro atoms. The number of benzene rings is 2. The van der Waals surface area contributed by atoms with Crippen molar-refractivity contribution in [3.8, 4) is 0 Å². The summed E-state index contributed by atoms with van der Waals surface area (Å²) in [5.74, 6) is 0.647. The summed E-state index contributed by atoms with van der Waals surface area (Å²) in [5.41, 5.74) is 2.08. The standard InChI is InChI=1S/C19H23BrN4O3.HI/c1-14(17-5-3-4-6-18(17)20)23-19(21-11-12-27-2)22-13-15-7-9-16(10-8-15)24(25)26;/h3-10,14H,11-13H2,1-2H3,(H2,21,22,23);1H. The van der Waals surface area contributed by atoms with Crippen LogP contribution in [0.3, 0.4) is 0 Å². The number of hydrogen-bond acceptors (Lipinski definition) is 4. The van der Waals surface area contributed by atoms with E-state index in [0.717, 1.165) is 15.6 Å². The van der Waals surface area contributed by atoms with E-state index in [1.54, 1.807) is 19.2 Å². The molecule has 0 amide bonds. The first-order valence-corrected chi connectivity index (χ1v) is 9.32. The molecule has 2 rings (SSSR count). The molecule has 1 unspecified atom stereocenters. The van der Waals surface area contributed by atoms with Crippen LogP contribution in [0.1, 0.15) is 24.1 Å². The summed E-state index contributed by atoms with van der Waals surface area (Å²) in [6.45, 7) is 3.63. The molecule has 0 aliphatic rings. The molecule has 0 aromatic heterocycles. The lowest BCUT2D eigenvalue weighted by molar-refractivity contribution is -0.384. The van der Waals surface area contributed by atoms with Crippen LogP contribution in [0.2, 0.25) is 0 Å². The number of guanidine groups is 1. The molecule has 2 aromatic carbocycles. The van der Waals surface area contributed by atoms with Crippen LogP contribution < -0.4 is 10.6 Å². The van der Waals surface area contributed by atoms with Crippen LogP contribution in [0, 0.1) is 10.1 Å². The van der Waals surface area contributed by atoms with Gasteiger partial charge in [0.25, 0.3) is 5.69 Å². The fourth-order valence-electron chi connectivity index (χ4n) is 2.43. The van der Waals surface area contributed by atoms with Gasteiger partial charge in [-0.1, -0.05) is 46.3 Å². The first-order valence-electron chi connectivity index (χ1n) is 8.53. The van der Waals surface area contributed by atoms with Gasteiger partial charge in [0.2, 0.25) is 0 Å². The van der Waals surface area contributed by atoms with E-state index in [2.05, 4.69) is 38.5 Å². The van der Waals surface area contributed by atoms with Gasteiger partial charge in [-0.25, -0.2) is 4.99 Å². The van der Waals surface area contributed by atoms with Crippen LogP contribution in [0.15, 0.2) is 58.0 Å². The summed E-state index contributed by atoms with van der Waals surface area (Å²) >= 11 is 3.57. The summed E-state index contributed by atoms with van der Waals surface area (Å²) in [7, 11) is 1.65. The maximum atomic E-state index is 10.8. The van der Waals surface area contributed by atoms with Crippen LogP contribution in [-0.2, 0) is 11.3 Å². The van der Waals surface area contributed by atoms with Gasteiger partial charge in [0.15, 0.2) is 5.96 Å². The number of hydrogen-bond donors (Lipinski definition) is 2. The lowest BCUT2D eigenvalue weighted by atomic mass is 10.1. The van der Waals surface area contributed by atoms with Gasteiger partial charge in [-0.2, -0.15) is 0 Å². The molecule has 0 radical (unpaired) electrons. The van der Waals surface area contributed by atoms with Crippen LogP contribution in [0.5, 0.6) is 0 Å². The molecule has 2 N–H and O–H groups in total. The third-order valence-corrected chi connectivity index (χ3v) is 4.61. The van der Waals surface area contributed by atoms with Crippen LogP contribution in [-0.4, -0.2) is 31.1 Å². The largest absolute Gasteiger partial charge is 0.383 e. The fraction of sp³-hybridized carbons (Fsp3) is 0.316. The predicted molar refractivity (Wildman–Crippen MR) is 125 cm³/mol. The number of ether oxygens (including phenoxy) is 1. The topological polar surface area (TPSA) is 88.8 Å². The second-order valence-electron chi connectivity index (χ2n) is 5.90. The summed E-state index contributed by atoms with van der Waals surface area (Å²) < 4.78 is 6.11. The molecular weight excluding hydrogens is 539 g/mol. The summed E-state index contributed by atoms with van der Waals surface area (Å²) in [6, 6.07) is 14.4. The van der Waals surface area contributed by atoms with E-state index in [4.69, 9.17) is 4.74 Å².